The van der Waals surface area contributed by atoms with E-state index in [9.17, 15) is 27.6 Å². The molecule has 2 aromatic carbocycles. The molecular formula is C25H20Cl2F3N3O5. The summed E-state index contributed by atoms with van der Waals surface area (Å²) in [5, 5.41) is 5.58. The Bertz CT molecular complexity index is 1360. The van der Waals surface area contributed by atoms with Crippen molar-refractivity contribution in [3.63, 3.8) is 0 Å². The molecule has 3 aliphatic rings. The number of nitrogens with zero attached hydrogens (tertiary/aromatic N) is 1. The van der Waals surface area contributed by atoms with Gasteiger partial charge in [0.25, 0.3) is 17.7 Å². The van der Waals surface area contributed by atoms with Gasteiger partial charge in [-0.25, -0.2) is 13.2 Å². The first-order valence-corrected chi connectivity index (χ1v) is 12.3. The second-order valence-corrected chi connectivity index (χ2v) is 9.95. The van der Waals surface area contributed by atoms with Crippen LogP contribution in [0.1, 0.15) is 12.8 Å². The zero-order chi connectivity index (χ0) is 27.2. The van der Waals surface area contributed by atoms with Gasteiger partial charge < -0.3 is 25.0 Å². The van der Waals surface area contributed by atoms with Crippen LogP contribution in [0.2, 0.25) is 10.0 Å². The number of rotatable bonds is 7. The molecule has 0 saturated heterocycles. The largest absolute Gasteiger partial charge is 0.484 e. The molecular weight excluding hydrogens is 550 g/mol. The average Bonchev–Trinajstić information content (AvgIpc) is 3.50. The number of hydrogen-bond acceptors (Lipinski definition) is 5. The van der Waals surface area contributed by atoms with Crippen LogP contribution in [0.4, 0.5) is 18.9 Å². The van der Waals surface area contributed by atoms with Crippen LogP contribution in [0.15, 0.2) is 48.2 Å². The maximum atomic E-state index is 13.6. The number of carbonyl (C=O) groups is 3. The Balaban J connectivity index is 1.15. The summed E-state index contributed by atoms with van der Waals surface area (Å²) in [7, 11) is 0. The second kappa shape index (κ2) is 10.0. The highest BCUT2D eigenvalue weighted by molar-refractivity contribution is 6.31. The van der Waals surface area contributed by atoms with E-state index >= 15 is 0 Å². The maximum absolute atomic E-state index is 13.6. The van der Waals surface area contributed by atoms with Gasteiger partial charge >= 0.3 is 0 Å². The van der Waals surface area contributed by atoms with Crippen molar-refractivity contribution in [3.8, 4) is 11.5 Å². The minimum absolute atomic E-state index is 0.0643. The van der Waals surface area contributed by atoms with Gasteiger partial charge in [-0.2, -0.15) is 0 Å². The summed E-state index contributed by atoms with van der Waals surface area (Å²) in [5.41, 5.74) is 0.773. The SMILES string of the molecule is O=C(COc1ccc(Cl)c(F)c1)NC1=CC(NC(=O)C2CN(C(=O)C3CC3(F)F)c3cc(Cl)ccc3O2)C1. The molecule has 3 atom stereocenters. The van der Waals surface area contributed by atoms with Gasteiger partial charge in [-0.3, -0.25) is 14.4 Å². The molecule has 38 heavy (non-hydrogen) atoms. The van der Waals surface area contributed by atoms with Crippen LogP contribution in [-0.2, 0) is 14.4 Å². The Kier molecular flexibility index (Phi) is 6.91. The number of fused-ring (bicyclic) bond motifs is 1. The van der Waals surface area contributed by atoms with Gasteiger partial charge in [0, 0.05) is 29.6 Å². The van der Waals surface area contributed by atoms with Gasteiger partial charge in [-0.15, -0.1) is 0 Å². The summed E-state index contributed by atoms with van der Waals surface area (Å²) in [4.78, 5) is 38.8. The molecule has 200 valence electrons. The fraction of sp³-hybridized carbons (Fsp3) is 0.320. The van der Waals surface area contributed by atoms with Crippen LogP contribution in [0.25, 0.3) is 0 Å². The molecule has 3 unspecified atom stereocenters. The summed E-state index contributed by atoms with van der Waals surface area (Å²) in [6.07, 6.45) is 0.240. The van der Waals surface area contributed by atoms with Crippen molar-refractivity contribution in [2.75, 3.05) is 18.1 Å². The van der Waals surface area contributed by atoms with Crippen molar-refractivity contribution < 1.29 is 37.0 Å². The Morgan fingerprint density at radius 1 is 1.16 bits per heavy atom. The number of carbonyl (C=O) groups excluding carboxylic acids is 3. The molecule has 0 spiro atoms. The van der Waals surface area contributed by atoms with Gasteiger partial charge in [0.1, 0.15) is 23.2 Å². The van der Waals surface area contributed by atoms with Crippen molar-refractivity contribution >= 4 is 46.6 Å². The number of halogens is 5. The van der Waals surface area contributed by atoms with E-state index in [1.165, 1.54) is 30.3 Å². The van der Waals surface area contributed by atoms with Crippen LogP contribution in [0, 0.1) is 11.7 Å². The quantitative estimate of drug-likeness (QED) is 0.528. The van der Waals surface area contributed by atoms with Crippen LogP contribution < -0.4 is 25.0 Å². The van der Waals surface area contributed by atoms with E-state index in [2.05, 4.69) is 10.6 Å². The first kappa shape index (κ1) is 26.2. The van der Waals surface area contributed by atoms with Gasteiger partial charge in [-0.05, 0) is 36.4 Å². The summed E-state index contributed by atoms with van der Waals surface area (Å²) < 4.78 is 51.6. The number of nitrogens with one attached hydrogen (secondary N) is 2. The van der Waals surface area contributed by atoms with E-state index in [0.29, 0.717) is 12.1 Å². The zero-order valence-electron chi connectivity index (χ0n) is 19.5. The zero-order valence-corrected chi connectivity index (χ0v) is 21.0. The molecule has 0 aromatic heterocycles. The summed E-state index contributed by atoms with van der Waals surface area (Å²) in [6.45, 7) is -0.619. The second-order valence-electron chi connectivity index (χ2n) is 9.11. The van der Waals surface area contributed by atoms with Crippen LogP contribution >= 0.6 is 23.2 Å². The standard InChI is InChI=1S/C25H20Cl2F3N3O5/c26-12-1-4-20-19(5-12)33(24(36)16-9-25(16,29)30)10-21(38-20)23(35)32-14-6-13(7-14)31-22(34)11-37-15-2-3-17(27)18(28)8-15/h1-6,8,14,16,21H,7,9-11H2,(H,31,34)(H,32,35). The van der Waals surface area contributed by atoms with E-state index in [-0.39, 0.29) is 40.4 Å². The Hall–Kier alpha value is -3.44. The molecule has 1 aliphatic heterocycles. The number of benzene rings is 2. The van der Waals surface area contributed by atoms with Gasteiger partial charge in [0.2, 0.25) is 5.91 Å². The van der Waals surface area contributed by atoms with E-state index in [0.717, 1.165) is 11.0 Å². The first-order valence-electron chi connectivity index (χ1n) is 11.5. The van der Waals surface area contributed by atoms with E-state index in [1.54, 1.807) is 6.08 Å². The molecule has 0 radical (unpaired) electrons. The van der Waals surface area contributed by atoms with Gasteiger partial charge in [0.15, 0.2) is 12.7 Å². The van der Waals surface area contributed by atoms with Crippen LogP contribution in [0.5, 0.6) is 11.5 Å². The molecule has 13 heteroatoms. The van der Waals surface area contributed by atoms with Crippen LogP contribution in [-0.4, -0.2) is 48.9 Å². The summed E-state index contributed by atoms with van der Waals surface area (Å²) in [6, 6.07) is 7.79. The number of amides is 3. The molecule has 1 saturated carbocycles. The third-order valence-electron chi connectivity index (χ3n) is 6.24. The number of alkyl halides is 2. The van der Waals surface area contributed by atoms with Crippen molar-refractivity contribution in [2.45, 2.75) is 30.9 Å². The minimum Gasteiger partial charge on any atom is -0.484 e. The molecule has 3 amide bonds. The first-order chi connectivity index (χ1) is 18.0. The normalized spacial score (nSPS) is 22.7. The lowest BCUT2D eigenvalue weighted by Gasteiger charge is -2.35. The van der Waals surface area contributed by atoms with E-state index in [1.807, 2.05) is 0 Å². The average molecular weight is 570 g/mol. The Morgan fingerprint density at radius 2 is 1.89 bits per heavy atom. The molecule has 2 N–H and O–H groups in total. The molecule has 0 bridgehead atoms. The third kappa shape index (κ3) is 5.53. The molecule has 5 rings (SSSR count). The monoisotopic (exact) mass is 569 g/mol. The van der Waals surface area contributed by atoms with Crippen molar-refractivity contribution in [3.05, 3.63) is 64.0 Å². The predicted molar refractivity (Wildman–Crippen MR) is 131 cm³/mol. The molecule has 8 nitrogen and oxygen atoms in total. The smallest absolute Gasteiger partial charge is 0.263 e. The fourth-order valence-electron chi connectivity index (χ4n) is 4.11. The predicted octanol–water partition coefficient (Wildman–Crippen LogP) is 3.85. The van der Waals surface area contributed by atoms with Gasteiger partial charge in [0.05, 0.1) is 23.3 Å². The van der Waals surface area contributed by atoms with Gasteiger partial charge in [-0.1, -0.05) is 23.2 Å². The maximum Gasteiger partial charge on any atom is 0.263 e. The fourth-order valence-corrected chi connectivity index (χ4v) is 4.39. The highest BCUT2D eigenvalue weighted by Gasteiger charge is 2.63. The molecule has 2 aromatic rings. The highest BCUT2D eigenvalue weighted by atomic mass is 35.5. The van der Waals surface area contributed by atoms with Crippen LogP contribution in [0.3, 0.4) is 0 Å². The van der Waals surface area contributed by atoms with Crippen molar-refractivity contribution in [2.24, 2.45) is 5.92 Å². The number of ether oxygens (including phenoxy) is 2. The van der Waals surface area contributed by atoms with E-state index in [4.69, 9.17) is 32.7 Å². The molecule has 1 heterocycles. The topological polar surface area (TPSA) is 97.0 Å². The number of anilines is 1. The lowest BCUT2D eigenvalue weighted by molar-refractivity contribution is -0.129. The van der Waals surface area contributed by atoms with Crippen molar-refractivity contribution in [1.29, 1.82) is 0 Å². The highest BCUT2D eigenvalue weighted by Crippen LogP contribution is 2.51. The minimum atomic E-state index is -3.07. The Labute approximate surface area is 224 Å². The lowest BCUT2D eigenvalue weighted by atomic mass is 9.98. The van der Waals surface area contributed by atoms with Crippen molar-refractivity contribution in [1.82, 2.24) is 10.6 Å². The number of hydrogen-bond donors (Lipinski definition) is 2. The summed E-state index contributed by atoms with van der Waals surface area (Å²) >= 11 is 11.6. The summed E-state index contributed by atoms with van der Waals surface area (Å²) in [5.74, 6) is -6.69. The van der Waals surface area contributed by atoms with E-state index < -0.39 is 53.9 Å². The lowest BCUT2D eigenvalue weighted by Crippen LogP contribution is -2.54. The molecule has 1 fully saturated rings. The Morgan fingerprint density at radius 3 is 2.58 bits per heavy atom. The third-order valence-corrected chi connectivity index (χ3v) is 6.78. The molecule has 2 aliphatic carbocycles.